The van der Waals surface area contributed by atoms with Gasteiger partial charge in [0, 0.05) is 5.30 Å². The van der Waals surface area contributed by atoms with Crippen LogP contribution >= 0.6 is 8.20 Å². The van der Waals surface area contributed by atoms with Gasteiger partial charge in [-0.05, 0) is 5.56 Å². The first-order valence-corrected chi connectivity index (χ1v) is 5.62. The van der Waals surface area contributed by atoms with Gasteiger partial charge in [0.15, 0.2) is 0 Å². The lowest BCUT2D eigenvalue weighted by Crippen LogP contribution is -2.17. The van der Waals surface area contributed by atoms with Crippen LogP contribution < -0.4 is 10.4 Å². The summed E-state index contributed by atoms with van der Waals surface area (Å²) in [6.07, 6.45) is 0. The van der Waals surface area contributed by atoms with Gasteiger partial charge in [0.05, 0.1) is 0 Å². The molecule has 0 bridgehead atoms. The summed E-state index contributed by atoms with van der Waals surface area (Å²) in [6.45, 7) is 0. The van der Waals surface area contributed by atoms with E-state index in [1.54, 1.807) is 0 Å². The van der Waals surface area contributed by atoms with Gasteiger partial charge in [0.1, 0.15) is 0 Å². The molecule has 74 valence electrons. The minimum absolute atomic E-state index is 0.141. The van der Waals surface area contributed by atoms with E-state index in [2.05, 4.69) is 0 Å². The van der Waals surface area contributed by atoms with E-state index in [0.29, 0.717) is 0 Å². The van der Waals surface area contributed by atoms with Crippen molar-refractivity contribution in [2.45, 2.75) is 0 Å². The molecular formula is C13H10OP-. The molecule has 0 amide bonds. The van der Waals surface area contributed by atoms with Crippen molar-refractivity contribution in [1.29, 1.82) is 0 Å². The smallest absolute Gasteiger partial charge is 0.000806 e. The maximum absolute atomic E-state index is 11.8. The Bertz CT molecular complexity index is 448. The number of rotatable bonds is 2. The molecule has 0 N–H and O–H groups in total. The van der Waals surface area contributed by atoms with Gasteiger partial charge in [-0.25, -0.2) is 0 Å². The van der Waals surface area contributed by atoms with Crippen molar-refractivity contribution in [3.63, 3.8) is 0 Å². The van der Waals surface area contributed by atoms with Gasteiger partial charge in [-0.1, -0.05) is 68.9 Å². The standard InChI is InChI=1S/C13H11OP/c14-13(11-7-3-1-4-8-11)15-12-9-5-2-6-10-12/h1-10,14H/p-1. The molecule has 0 atom stereocenters. The van der Waals surface area contributed by atoms with E-state index in [9.17, 15) is 5.11 Å². The van der Waals surface area contributed by atoms with Crippen molar-refractivity contribution in [3.05, 3.63) is 66.2 Å². The molecule has 2 heteroatoms. The van der Waals surface area contributed by atoms with Crippen LogP contribution in [0.1, 0.15) is 5.56 Å². The van der Waals surface area contributed by atoms with Crippen molar-refractivity contribution >= 4 is 19.0 Å². The molecule has 0 radical (unpaired) electrons. The maximum atomic E-state index is 11.8. The van der Waals surface area contributed by atoms with Crippen molar-refractivity contribution in [1.82, 2.24) is 0 Å². The molecule has 0 heterocycles. The summed E-state index contributed by atoms with van der Waals surface area (Å²) in [5.41, 5.74) is 0.907. The minimum Gasteiger partial charge on any atom is -0.823 e. The Morgan fingerprint density at radius 2 is 1.33 bits per heavy atom. The molecule has 0 aliphatic rings. The molecular weight excluding hydrogens is 203 g/mol. The van der Waals surface area contributed by atoms with Crippen LogP contribution in [0, 0.1) is 0 Å². The van der Waals surface area contributed by atoms with E-state index in [1.807, 2.05) is 60.7 Å². The van der Waals surface area contributed by atoms with Gasteiger partial charge < -0.3 is 5.11 Å². The molecule has 0 spiro atoms. The van der Waals surface area contributed by atoms with E-state index in [4.69, 9.17) is 0 Å². The average Bonchev–Trinajstić information content (AvgIpc) is 2.31. The highest BCUT2D eigenvalue weighted by Gasteiger charge is 1.89. The Kier molecular flexibility index (Phi) is 3.29. The molecule has 0 aromatic heterocycles. The molecule has 0 aliphatic carbocycles. The fourth-order valence-corrected chi connectivity index (χ4v) is 2.10. The highest BCUT2D eigenvalue weighted by molar-refractivity contribution is 7.48. The third kappa shape index (κ3) is 2.76. The highest BCUT2D eigenvalue weighted by atomic mass is 31.1. The van der Waals surface area contributed by atoms with Gasteiger partial charge in [-0.3, -0.25) is 0 Å². The van der Waals surface area contributed by atoms with E-state index in [-0.39, 0.29) is 5.48 Å². The Morgan fingerprint density at radius 1 is 0.800 bits per heavy atom. The molecule has 2 aromatic carbocycles. The molecule has 2 aromatic rings. The van der Waals surface area contributed by atoms with Crippen LogP contribution in [0.15, 0.2) is 60.7 Å². The molecule has 2 rings (SSSR count). The van der Waals surface area contributed by atoms with Gasteiger partial charge in [-0.15, -0.1) is 5.48 Å². The molecule has 0 aliphatic heterocycles. The Hall–Kier alpha value is -1.43. The van der Waals surface area contributed by atoms with Crippen LogP contribution in [0.2, 0.25) is 0 Å². The van der Waals surface area contributed by atoms with Gasteiger partial charge >= 0.3 is 0 Å². The summed E-state index contributed by atoms with van der Waals surface area (Å²) in [7, 11) is 0.737. The third-order valence-electron chi connectivity index (χ3n) is 2.01. The highest BCUT2D eigenvalue weighted by Crippen LogP contribution is 2.05. The first kappa shape index (κ1) is 10.1. The van der Waals surface area contributed by atoms with Gasteiger partial charge in [0.2, 0.25) is 0 Å². The van der Waals surface area contributed by atoms with E-state index in [0.717, 1.165) is 19.1 Å². The predicted molar refractivity (Wildman–Crippen MR) is 63.5 cm³/mol. The summed E-state index contributed by atoms with van der Waals surface area (Å²) in [4.78, 5) is 0. The number of benzene rings is 2. The molecule has 0 saturated carbocycles. The Morgan fingerprint density at radius 3 is 1.93 bits per heavy atom. The monoisotopic (exact) mass is 213 g/mol. The zero-order valence-electron chi connectivity index (χ0n) is 8.13. The largest absolute Gasteiger partial charge is 0.823 e. The van der Waals surface area contributed by atoms with Crippen LogP contribution in [0.3, 0.4) is 0 Å². The number of hydrogen-bond acceptors (Lipinski definition) is 1. The second-order valence-electron chi connectivity index (χ2n) is 3.12. The van der Waals surface area contributed by atoms with Crippen LogP contribution in [-0.4, -0.2) is 5.48 Å². The Labute approximate surface area is 90.8 Å². The lowest BCUT2D eigenvalue weighted by atomic mass is 10.2. The fraction of sp³-hybridized carbons (Fsp3) is 0. The van der Waals surface area contributed by atoms with E-state index in [1.165, 1.54) is 0 Å². The normalized spacial score (nSPS) is 11.4. The van der Waals surface area contributed by atoms with Crippen LogP contribution in [0.5, 0.6) is 0 Å². The molecule has 0 saturated heterocycles. The van der Waals surface area contributed by atoms with Crippen molar-refractivity contribution < 1.29 is 5.11 Å². The maximum Gasteiger partial charge on any atom is 0.000806 e. The van der Waals surface area contributed by atoms with Crippen molar-refractivity contribution in [3.8, 4) is 0 Å². The zero-order chi connectivity index (χ0) is 10.5. The van der Waals surface area contributed by atoms with Crippen LogP contribution in [0.4, 0.5) is 0 Å². The molecule has 0 fully saturated rings. The predicted octanol–water partition coefficient (Wildman–Crippen LogP) is 1.80. The second kappa shape index (κ2) is 4.88. The number of hydrogen-bond donors (Lipinski definition) is 0. The lowest BCUT2D eigenvalue weighted by molar-refractivity contribution is -0.207. The minimum atomic E-state index is 0.141. The van der Waals surface area contributed by atoms with E-state index < -0.39 is 0 Å². The SMILES string of the molecule is [O-]C(=Pc1ccccc1)c1ccccc1. The fourth-order valence-electron chi connectivity index (χ4n) is 1.27. The zero-order valence-corrected chi connectivity index (χ0v) is 9.02. The van der Waals surface area contributed by atoms with Crippen LogP contribution in [-0.2, 0) is 0 Å². The van der Waals surface area contributed by atoms with Gasteiger partial charge in [0.25, 0.3) is 0 Å². The topological polar surface area (TPSA) is 23.1 Å². The first-order chi connectivity index (χ1) is 7.36. The van der Waals surface area contributed by atoms with Crippen molar-refractivity contribution in [2.24, 2.45) is 0 Å². The summed E-state index contributed by atoms with van der Waals surface area (Å²) >= 11 is 0. The Balaban J connectivity index is 2.29. The second-order valence-corrected chi connectivity index (χ2v) is 4.26. The first-order valence-electron chi connectivity index (χ1n) is 4.72. The lowest BCUT2D eigenvalue weighted by Gasteiger charge is -2.11. The quantitative estimate of drug-likeness (QED) is 0.697. The summed E-state index contributed by atoms with van der Waals surface area (Å²) in [5, 5.41) is 12.8. The molecule has 0 unspecified atom stereocenters. The average molecular weight is 213 g/mol. The van der Waals surface area contributed by atoms with Crippen molar-refractivity contribution in [2.75, 3.05) is 0 Å². The van der Waals surface area contributed by atoms with Gasteiger partial charge in [-0.2, -0.15) is 0 Å². The van der Waals surface area contributed by atoms with Crippen LogP contribution in [0.25, 0.3) is 0 Å². The summed E-state index contributed by atoms with van der Waals surface area (Å²) < 4.78 is 0. The summed E-state index contributed by atoms with van der Waals surface area (Å²) in [6, 6.07) is 19.1. The molecule has 1 nitrogen and oxygen atoms in total. The summed E-state index contributed by atoms with van der Waals surface area (Å²) in [5.74, 6) is 0. The third-order valence-corrected chi connectivity index (χ3v) is 3.03. The molecule has 15 heavy (non-hydrogen) atoms. The van der Waals surface area contributed by atoms with E-state index >= 15 is 0 Å².